The average molecular weight is 476 g/mol. The van der Waals surface area contributed by atoms with E-state index in [2.05, 4.69) is 40.6 Å². The third-order valence-corrected chi connectivity index (χ3v) is 7.56. The van der Waals surface area contributed by atoms with Crippen molar-refractivity contribution in [3.8, 4) is 10.6 Å². The van der Waals surface area contributed by atoms with Gasteiger partial charge in [0.05, 0.1) is 12.1 Å². The summed E-state index contributed by atoms with van der Waals surface area (Å²) in [5.41, 5.74) is 4.30. The van der Waals surface area contributed by atoms with E-state index in [1.165, 1.54) is 23.0 Å². The Hall–Kier alpha value is -3.16. The highest BCUT2D eigenvalue weighted by Gasteiger charge is 2.47. The van der Waals surface area contributed by atoms with Crippen LogP contribution in [0.3, 0.4) is 0 Å². The van der Waals surface area contributed by atoms with Gasteiger partial charge in [-0.3, -0.25) is 4.79 Å². The quantitative estimate of drug-likeness (QED) is 0.322. The lowest BCUT2D eigenvalue weighted by Crippen LogP contribution is -2.31. The highest BCUT2D eigenvalue weighted by atomic mass is 32.1. The molecule has 2 aromatic carbocycles. The van der Waals surface area contributed by atoms with E-state index in [4.69, 9.17) is 10.1 Å². The molecule has 5 rings (SSSR count). The van der Waals surface area contributed by atoms with E-state index in [9.17, 15) is 4.79 Å². The summed E-state index contributed by atoms with van der Waals surface area (Å²) in [6, 6.07) is 19.2. The Morgan fingerprint density at radius 1 is 1.12 bits per heavy atom. The van der Waals surface area contributed by atoms with E-state index >= 15 is 4.39 Å². The van der Waals surface area contributed by atoms with Crippen LogP contribution in [0, 0.1) is 5.82 Å². The van der Waals surface area contributed by atoms with Crippen LogP contribution in [-0.2, 0) is 10.2 Å². The summed E-state index contributed by atoms with van der Waals surface area (Å²) in [5, 5.41) is 12.8. The molecule has 0 bridgehead atoms. The van der Waals surface area contributed by atoms with Crippen molar-refractivity contribution in [3.63, 3.8) is 0 Å². The van der Waals surface area contributed by atoms with E-state index in [-0.39, 0.29) is 29.7 Å². The lowest BCUT2D eigenvalue weighted by atomic mass is 9.92. The molecule has 1 aliphatic rings. The maximum absolute atomic E-state index is 15.1. The van der Waals surface area contributed by atoms with Crippen molar-refractivity contribution in [1.29, 1.82) is 0 Å². The second-order valence-corrected chi connectivity index (χ2v) is 10.1. The van der Waals surface area contributed by atoms with E-state index in [1.54, 1.807) is 13.0 Å². The zero-order chi connectivity index (χ0) is 23.9. The number of benzene rings is 2. The van der Waals surface area contributed by atoms with Crippen LogP contribution < -0.4 is 5.32 Å². The van der Waals surface area contributed by atoms with Crippen LogP contribution in [0.5, 0.6) is 0 Å². The Kier molecular flexibility index (Phi) is 5.91. The largest absolute Gasteiger partial charge is 0.481 e. The molecule has 1 aliphatic carbocycles. The molecule has 1 fully saturated rings. The van der Waals surface area contributed by atoms with E-state index in [1.807, 2.05) is 25.1 Å². The first kappa shape index (κ1) is 22.6. The third-order valence-electron chi connectivity index (χ3n) is 6.56. The van der Waals surface area contributed by atoms with Crippen LogP contribution in [0.25, 0.3) is 20.9 Å². The predicted molar refractivity (Wildman–Crippen MR) is 133 cm³/mol. The Labute approximate surface area is 201 Å². The van der Waals surface area contributed by atoms with Crippen molar-refractivity contribution >= 4 is 27.7 Å². The molecule has 1 unspecified atom stereocenters. The minimum absolute atomic E-state index is 0.0111. The number of nitrogens with zero attached hydrogens (tertiary/aromatic N) is 2. The summed E-state index contributed by atoms with van der Waals surface area (Å²) in [6.45, 7) is 3.71. The fourth-order valence-electron chi connectivity index (χ4n) is 4.59. The van der Waals surface area contributed by atoms with Gasteiger partial charge in [-0.2, -0.15) is 0 Å². The van der Waals surface area contributed by atoms with Gasteiger partial charge in [0.1, 0.15) is 21.2 Å². The van der Waals surface area contributed by atoms with Gasteiger partial charge in [-0.25, -0.2) is 14.4 Å². The molecule has 4 aromatic rings. The summed E-state index contributed by atoms with van der Waals surface area (Å²) < 4.78 is 15.1. The first-order valence-corrected chi connectivity index (χ1v) is 12.3. The first-order valence-electron chi connectivity index (χ1n) is 11.5. The molecular formula is C27H26FN3O2S. The Balaban J connectivity index is 1.40. The second-order valence-electron chi connectivity index (χ2n) is 9.11. The normalized spacial score (nSPS) is 16.3. The van der Waals surface area contributed by atoms with Gasteiger partial charge in [0.25, 0.3) is 0 Å². The van der Waals surface area contributed by atoms with E-state index < -0.39 is 5.97 Å². The number of fused-ring (bicyclic) bond motifs is 1. The van der Waals surface area contributed by atoms with Gasteiger partial charge in [0, 0.05) is 23.1 Å². The number of hydrogen-bond donors (Lipinski definition) is 2. The summed E-state index contributed by atoms with van der Waals surface area (Å²) in [4.78, 5) is 21.3. The van der Waals surface area contributed by atoms with Gasteiger partial charge in [0.2, 0.25) is 0 Å². The van der Waals surface area contributed by atoms with Crippen LogP contribution >= 0.6 is 11.3 Å². The first-order chi connectivity index (χ1) is 16.4. The molecule has 2 heterocycles. The summed E-state index contributed by atoms with van der Waals surface area (Å²) in [5.74, 6) is -1.21. The highest BCUT2D eigenvalue weighted by Crippen LogP contribution is 2.53. The maximum atomic E-state index is 15.1. The fourth-order valence-corrected chi connectivity index (χ4v) is 5.56. The van der Waals surface area contributed by atoms with Crippen LogP contribution in [-0.4, -0.2) is 27.1 Å². The zero-order valence-electron chi connectivity index (χ0n) is 19.1. The van der Waals surface area contributed by atoms with Crippen molar-refractivity contribution < 1.29 is 14.3 Å². The number of pyridine rings is 1. The Bertz CT molecular complexity index is 1350. The van der Waals surface area contributed by atoms with E-state index in [0.717, 1.165) is 34.4 Å². The smallest absolute Gasteiger partial charge is 0.304 e. The monoisotopic (exact) mass is 475 g/mol. The molecule has 7 heteroatoms. The molecule has 2 N–H and O–H groups in total. The number of rotatable bonds is 8. The van der Waals surface area contributed by atoms with Crippen LogP contribution in [0.1, 0.15) is 56.0 Å². The number of nitrogens with one attached hydrogen (secondary N) is 1. The molecule has 5 nitrogen and oxygen atoms in total. The van der Waals surface area contributed by atoms with Gasteiger partial charge < -0.3 is 10.4 Å². The molecule has 0 radical (unpaired) electrons. The lowest BCUT2D eigenvalue weighted by Gasteiger charge is -2.19. The topological polar surface area (TPSA) is 75.1 Å². The Morgan fingerprint density at radius 2 is 1.88 bits per heavy atom. The summed E-state index contributed by atoms with van der Waals surface area (Å²) in [6.07, 6.45) is 2.17. The number of hydrogen-bond acceptors (Lipinski definition) is 5. The molecule has 34 heavy (non-hydrogen) atoms. The number of thiazole rings is 1. The number of carbonyl (C=O) groups is 1. The summed E-state index contributed by atoms with van der Waals surface area (Å²) >= 11 is 1.41. The number of carboxylic acid groups (broad SMARTS) is 1. The molecule has 2 aromatic heterocycles. The highest BCUT2D eigenvalue weighted by molar-refractivity contribution is 7.21. The number of aliphatic carboxylic acids is 1. The maximum Gasteiger partial charge on any atom is 0.304 e. The molecule has 1 saturated carbocycles. The average Bonchev–Trinajstić information content (AvgIpc) is 3.52. The van der Waals surface area contributed by atoms with Crippen molar-refractivity contribution in [2.75, 3.05) is 0 Å². The van der Waals surface area contributed by atoms with Crippen LogP contribution in [0.4, 0.5) is 4.39 Å². The summed E-state index contributed by atoms with van der Waals surface area (Å²) in [7, 11) is 0. The zero-order valence-corrected chi connectivity index (χ0v) is 19.9. The molecule has 0 saturated heterocycles. The van der Waals surface area contributed by atoms with Gasteiger partial charge in [-0.05, 0) is 62.1 Å². The Morgan fingerprint density at radius 3 is 2.56 bits per heavy atom. The molecule has 174 valence electrons. The van der Waals surface area contributed by atoms with Crippen LogP contribution in [0.15, 0.2) is 60.7 Å². The molecule has 0 spiro atoms. The van der Waals surface area contributed by atoms with Crippen molar-refractivity contribution in [2.24, 2.45) is 0 Å². The fraction of sp³-hybridized carbons (Fsp3) is 0.296. The van der Waals surface area contributed by atoms with Crippen molar-refractivity contribution in [1.82, 2.24) is 15.3 Å². The SMILES string of the molecule is CC(CC(=O)O)N[C@@H](C)c1ccc(-c2nc3ccc(C4(c5ccccc5)CC4)nc3s2)c(F)c1. The van der Waals surface area contributed by atoms with Gasteiger partial charge >= 0.3 is 5.97 Å². The molecule has 0 aliphatic heterocycles. The lowest BCUT2D eigenvalue weighted by molar-refractivity contribution is -0.137. The minimum atomic E-state index is -0.863. The standard InChI is InChI=1S/C27H26FN3O2S/c1-16(14-24(32)33)29-17(2)18-8-9-20(21(28)15-18)25-30-22-10-11-23(31-26(22)34-25)27(12-13-27)19-6-4-3-5-7-19/h3-11,15-17,29H,12-14H2,1-2H3,(H,32,33)/t16?,17-/m0/s1. The second kappa shape index (κ2) is 8.89. The van der Waals surface area contributed by atoms with Gasteiger partial charge in [-0.1, -0.05) is 47.7 Å². The molecular weight excluding hydrogens is 449 g/mol. The van der Waals surface area contributed by atoms with E-state index in [0.29, 0.717) is 10.6 Å². The minimum Gasteiger partial charge on any atom is -0.481 e. The molecule has 2 atom stereocenters. The number of halogens is 1. The number of aromatic nitrogens is 2. The predicted octanol–water partition coefficient (Wildman–Crippen LogP) is 6.09. The van der Waals surface area contributed by atoms with Crippen molar-refractivity contribution in [2.45, 2.75) is 50.6 Å². The number of carboxylic acids is 1. The third kappa shape index (κ3) is 4.33. The molecule has 0 amide bonds. The van der Waals surface area contributed by atoms with Gasteiger partial charge in [0.15, 0.2) is 0 Å². The van der Waals surface area contributed by atoms with Crippen molar-refractivity contribution in [3.05, 3.63) is 83.3 Å². The van der Waals surface area contributed by atoms with Gasteiger partial charge in [-0.15, -0.1) is 0 Å². The van der Waals surface area contributed by atoms with Crippen LogP contribution in [0.2, 0.25) is 0 Å².